The van der Waals surface area contributed by atoms with Gasteiger partial charge in [0, 0.05) is 30.1 Å². The number of nitrogens with zero attached hydrogens (tertiary/aromatic N) is 1. The molecule has 1 saturated heterocycles. The van der Waals surface area contributed by atoms with Crippen molar-refractivity contribution in [3.05, 3.63) is 36.0 Å². The molecule has 2 heterocycles. The first-order valence-electron chi connectivity index (χ1n) is 7.25. The number of carbonyl (C=O) groups excluding carboxylic acids is 1. The Kier molecular flexibility index (Phi) is 3.74. The zero-order chi connectivity index (χ0) is 13.9. The van der Waals surface area contributed by atoms with E-state index in [0.29, 0.717) is 6.42 Å². The number of para-hydroxylation sites is 1. The van der Waals surface area contributed by atoms with Crippen LogP contribution in [0.15, 0.2) is 30.5 Å². The SMILES string of the molecule is O=C(CCc1c[nH]c2ccccc12)N1CCCC1CO. The maximum Gasteiger partial charge on any atom is 0.223 e. The summed E-state index contributed by atoms with van der Waals surface area (Å²) in [7, 11) is 0. The molecule has 1 amide bonds. The number of rotatable bonds is 4. The molecule has 1 aromatic carbocycles. The van der Waals surface area contributed by atoms with Crippen molar-refractivity contribution in [3.8, 4) is 0 Å². The molecule has 0 saturated carbocycles. The maximum atomic E-state index is 12.3. The molecule has 3 rings (SSSR count). The molecule has 1 aliphatic rings. The summed E-state index contributed by atoms with van der Waals surface area (Å²) in [6.45, 7) is 0.872. The zero-order valence-electron chi connectivity index (χ0n) is 11.5. The van der Waals surface area contributed by atoms with Crippen molar-refractivity contribution in [2.24, 2.45) is 0 Å². The largest absolute Gasteiger partial charge is 0.394 e. The van der Waals surface area contributed by atoms with E-state index in [1.54, 1.807) is 0 Å². The average Bonchev–Trinajstić information content (AvgIpc) is 3.11. The first-order chi connectivity index (χ1) is 9.79. The highest BCUT2D eigenvalue weighted by Crippen LogP contribution is 2.21. The summed E-state index contributed by atoms with van der Waals surface area (Å²) >= 11 is 0. The fourth-order valence-electron chi connectivity index (χ4n) is 3.08. The van der Waals surface area contributed by atoms with Crippen molar-refractivity contribution < 1.29 is 9.90 Å². The van der Waals surface area contributed by atoms with Crippen molar-refractivity contribution in [2.75, 3.05) is 13.2 Å². The van der Waals surface area contributed by atoms with Gasteiger partial charge in [-0.25, -0.2) is 0 Å². The van der Waals surface area contributed by atoms with Gasteiger partial charge in [-0.2, -0.15) is 0 Å². The number of aliphatic hydroxyl groups excluding tert-OH is 1. The van der Waals surface area contributed by atoms with Crippen LogP contribution in [0.4, 0.5) is 0 Å². The van der Waals surface area contributed by atoms with Crippen LogP contribution in [0.2, 0.25) is 0 Å². The highest BCUT2D eigenvalue weighted by molar-refractivity contribution is 5.84. The minimum Gasteiger partial charge on any atom is -0.394 e. The Balaban J connectivity index is 1.66. The van der Waals surface area contributed by atoms with E-state index in [-0.39, 0.29) is 18.6 Å². The van der Waals surface area contributed by atoms with Gasteiger partial charge in [0.1, 0.15) is 0 Å². The molecule has 0 spiro atoms. The number of carbonyl (C=O) groups is 1. The minimum absolute atomic E-state index is 0.0328. The molecule has 1 unspecified atom stereocenters. The Morgan fingerprint density at radius 3 is 3.10 bits per heavy atom. The Bertz CT molecular complexity index is 605. The third-order valence-electron chi connectivity index (χ3n) is 4.19. The highest BCUT2D eigenvalue weighted by Gasteiger charge is 2.27. The van der Waals surface area contributed by atoms with Gasteiger partial charge in [0.25, 0.3) is 0 Å². The van der Waals surface area contributed by atoms with Crippen LogP contribution < -0.4 is 0 Å². The number of nitrogens with one attached hydrogen (secondary N) is 1. The third-order valence-corrected chi connectivity index (χ3v) is 4.19. The van der Waals surface area contributed by atoms with E-state index < -0.39 is 0 Å². The third kappa shape index (κ3) is 2.43. The number of aromatic nitrogens is 1. The summed E-state index contributed by atoms with van der Waals surface area (Å²) in [5.74, 6) is 0.159. The van der Waals surface area contributed by atoms with Crippen molar-refractivity contribution in [3.63, 3.8) is 0 Å². The van der Waals surface area contributed by atoms with Crippen LogP contribution in [0.25, 0.3) is 10.9 Å². The molecule has 1 atom stereocenters. The molecule has 2 aromatic rings. The van der Waals surface area contributed by atoms with Crippen molar-refractivity contribution in [2.45, 2.75) is 31.7 Å². The summed E-state index contributed by atoms with van der Waals surface area (Å²) in [6.07, 6.45) is 5.18. The Morgan fingerprint density at radius 2 is 2.25 bits per heavy atom. The second-order valence-electron chi connectivity index (χ2n) is 5.43. The lowest BCUT2D eigenvalue weighted by molar-refractivity contribution is -0.132. The van der Waals surface area contributed by atoms with E-state index >= 15 is 0 Å². The molecule has 1 aromatic heterocycles. The molecule has 0 aliphatic carbocycles. The normalized spacial score (nSPS) is 18.9. The van der Waals surface area contributed by atoms with Gasteiger partial charge in [-0.15, -0.1) is 0 Å². The topological polar surface area (TPSA) is 56.3 Å². The van der Waals surface area contributed by atoms with Crippen molar-refractivity contribution in [1.29, 1.82) is 0 Å². The van der Waals surface area contributed by atoms with Crippen LogP contribution in [0.3, 0.4) is 0 Å². The maximum absolute atomic E-state index is 12.3. The van der Waals surface area contributed by atoms with Crippen LogP contribution in [-0.2, 0) is 11.2 Å². The van der Waals surface area contributed by atoms with Gasteiger partial charge in [0.15, 0.2) is 0 Å². The average molecular weight is 272 g/mol. The van der Waals surface area contributed by atoms with Crippen LogP contribution in [0, 0.1) is 0 Å². The molecule has 1 fully saturated rings. The van der Waals surface area contributed by atoms with Crippen LogP contribution >= 0.6 is 0 Å². The lowest BCUT2D eigenvalue weighted by Crippen LogP contribution is -2.37. The summed E-state index contributed by atoms with van der Waals surface area (Å²) in [6, 6.07) is 8.18. The van der Waals surface area contributed by atoms with Gasteiger partial charge in [-0.3, -0.25) is 4.79 Å². The Morgan fingerprint density at radius 1 is 1.40 bits per heavy atom. The predicted molar refractivity (Wildman–Crippen MR) is 78.4 cm³/mol. The lowest BCUT2D eigenvalue weighted by Gasteiger charge is -2.22. The van der Waals surface area contributed by atoms with Gasteiger partial charge < -0.3 is 15.0 Å². The van der Waals surface area contributed by atoms with Crippen LogP contribution in [0.5, 0.6) is 0 Å². The van der Waals surface area contributed by atoms with Crippen molar-refractivity contribution in [1.82, 2.24) is 9.88 Å². The number of benzene rings is 1. The van der Waals surface area contributed by atoms with E-state index in [0.717, 1.165) is 31.3 Å². The highest BCUT2D eigenvalue weighted by atomic mass is 16.3. The molecule has 0 bridgehead atoms. The van der Waals surface area contributed by atoms with Gasteiger partial charge in [-0.1, -0.05) is 18.2 Å². The second kappa shape index (κ2) is 5.67. The van der Waals surface area contributed by atoms with Crippen LogP contribution in [-0.4, -0.2) is 40.1 Å². The number of amides is 1. The van der Waals surface area contributed by atoms with Crippen LogP contribution in [0.1, 0.15) is 24.8 Å². The van der Waals surface area contributed by atoms with Gasteiger partial charge >= 0.3 is 0 Å². The Labute approximate surface area is 118 Å². The monoisotopic (exact) mass is 272 g/mol. The Hall–Kier alpha value is -1.81. The van der Waals surface area contributed by atoms with Crippen molar-refractivity contribution >= 4 is 16.8 Å². The molecule has 20 heavy (non-hydrogen) atoms. The first kappa shape index (κ1) is 13.2. The lowest BCUT2D eigenvalue weighted by atomic mass is 10.1. The molecular formula is C16H20N2O2. The molecule has 0 radical (unpaired) electrons. The molecule has 4 nitrogen and oxygen atoms in total. The number of likely N-dealkylation sites (tertiary alicyclic amines) is 1. The molecule has 4 heteroatoms. The van der Waals surface area contributed by atoms with E-state index in [9.17, 15) is 9.90 Å². The van der Waals surface area contributed by atoms with E-state index in [2.05, 4.69) is 11.1 Å². The number of hydrogen-bond acceptors (Lipinski definition) is 2. The van der Waals surface area contributed by atoms with E-state index in [1.165, 1.54) is 10.9 Å². The number of hydrogen-bond donors (Lipinski definition) is 2. The standard InChI is InChI=1S/C16H20N2O2/c19-11-13-4-3-9-18(13)16(20)8-7-12-10-17-15-6-2-1-5-14(12)15/h1-2,5-6,10,13,17,19H,3-4,7-9,11H2. The van der Waals surface area contributed by atoms with E-state index in [1.807, 2.05) is 29.3 Å². The molecule has 1 aliphatic heterocycles. The van der Waals surface area contributed by atoms with Gasteiger partial charge in [0.05, 0.1) is 12.6 Å². The number of aliphatic hydroxyl groups is 1. The van der Waals surface area contributed by atoms with E-state index in [4.69, 9.17) is 0 Å². The number of fused-ring (bicyclic) bond motifs is 1. The smallest absolute Gasteiger partial charge is 0.223 e. The molecule has 106 valence electrons. The summed E-state index contributed by atoms with van der Waals surface area (Å²) in [5, 5.41) is 10.5. The second-order valence-corrected chi connectivity index (χ2v) is 5.43. The fourth-order valence-corrected chi connectivity index (χ4v) is 3.08. The van der Waals surface area contributed by atoms with Gasteiger partial charge in [-0.05, 0) is 30.9 Å². The number of aryl methyl sites for hydroxylation is 1. The zero-order valence-corrected chi connectivity index (χ0v) is 11.5. The number of H-pyrrole nitrogens is 1. The molecular weight excluding hydrogens is 252 g/mol. The summed E-state index contributed by atoms with van der Waals surface area (Å²) in [4.78, 5) is 17.3. The first-order valence-corrected chi connectivity index (χ1v) is 7.25. The summed E-state index contributed by atoms with van der Waals surface area (Å²) in [5.41, 5.74) is 2.30. The van der Waals surface area contributed by atoms with Gasteiger partial charge in [0.2, 0.25) is 5.91 Å². The predicted octanol–water partition coefficient (Wildman–Crippen LogP) is 2.08. The number of aromatic amines is 1. The molecule has 2 N–H and O–H groups in total. The fraction of sp³-hybridized carbons (Fsp3) is 0.438. The summed E-state index contributed by atoms with van der Waals surface area (Å²) < 4.78 is 0. The minimum atomic E-state index is 0.0328. The quantitative estimate of drug-likeness (QED) is 0.895.